The fourth-order valence-corrected chi connectivity index (χ4v) is 4.45. The zero-order valence-corrected chi connectivity index (χ0v) is 16.5. The van der Waals surface area contributed by atoms with Crippen molar-refractivity contribution in [3.8, 4) is 28.8 Å². The Kier molecular flexibility index (Phi) is 4.94. The quantitative estimate of drug-likeness (QED) is 0.620. The molecule has 1 aliphatic rings. The fraction of sp³-hybridized carbons (Fsp3) is 0.368. The maximum atomic E-state index is 12.6. The number of sulfonamides is 1. The Morgan fingerprint density at radius 1 is 1.07 bits per heavy atom. The van der Waals surface area contributed by atoms with E-state index >= 15 is 0 Å². The van der Waals surface area contributed by atoms with Gasteiger partial charge in [0.1, 0.15) is 5.75 Å². The third-order valence-corrected chi connectivity index (χ3v) is 6.13. The Hall–Kier alpha value is -2.65. The van der Waals surface area contributed by atoms with E-state index in [1.807, 2.05) is 38.1 Å². The van der Waals surface area contributed by atoms with E-state index in [4.69, 9.17) is 13.7 Å². The molecular formula is C19H21N3O5S. The number of hydrogen-bond donors (Lipinski definition) is 0. The second-order valence-electron chi connectivity index (χ2n) is 6.84. The lowest BCUT2D eigenvalue weighted by Gasteiger charge is -2.12. The average Bonchev–Trinajstić information content (AvgIpc) is 3.41. The summed E-state index contributed by atoms with van der Waals surface area (Å²) in [6.45, 7) is 4.95. The van der Waals surface area contributed by atoms with Gasteiger partial charge in [-0.05, 0) is 63.1 Å². The van der Waals surface area contributed by atoms with Gasteiger partial charge in [-0.1, -0.05) is 5.16 Å². The van der Waals surface area contributed by atoms with Crippen LogP contribution in [0.3, 0.4) is 0 Å². The van der Waals surface area contributed by atoms with Gasteiger partial charge in [0.2, 0.25) is 10.9 Å². The number of aromatic nitrogens is 2. The van der Waals surface area contributed by atoms with Gasteiger partial charge in [0.05, 0.1) is 6.10 Å². The molecule has 1 fully saturated rings. The molecule has 9 heteroatoms. The predicted molar refractivity (Wildman–Crippen MR) is 101 cm³/mol. The number of ether oxygens (including phenoxy) is 1. The van der Waals surface area contributed by atoms with Crippen LogP contribution in [0.5, 0.6) is 5.75 Å². The lowest BCUT2D eigenvalue weighted by molar-refractivity contribution is 0.242. The molecule has 0 amide bonds. The molecule has 1 aliphatic heterocycles. The second-order valence-corrected chi connectivity index (χ2v) is 8.71. The normalized spacial score (nSPS) is 15.4. The van der Waals surface area contributed by atoms with Crippen LogP contribution in [0, 0.1) is 0 Å². The monoisotopic (exact) mass is 403 g/mol. The molecule has 0 aliphatic carbocycles. The van der Waals surface area contributed by atoms with Crippen molar-refractivity contribution in [1.29, 1.82) is 0 Å². The van der Waals surface area contributed by atoms with Crippen LogP contribution in [0.15, 0.2) is 50.4 Å². The molecule has 8 nitrogen and oxygen atoms in total. The molecule has 3 aromatic rings. The van der Waals surface area contributed by atoms with Crippen LogP contribution >= 0.6 is 0 Å². The van der Waals surface area contributed by atoms with E-state index in [0.29, 0.717) is 18.9 Å². The highest BCUT2D eigenvalue weighted by molar-refractivity contribution is 7.89. The summed E-state index contributed by atoms with van der Waals surface area (Å²) in [6, 6.07) is 10.3. The van der Waals surface area contributed by atoms with Crippen molar-refractivity contribution in [1.82, 2.24) is 14.4 Å². The fourth-order valence-electron chi connectivity index (χ4n) is 3.02. The predicted octanol–water partition coefficient (Wildman–Crippen LogP) is 3.57. The van der Waals surface area contributed by atoms with Crippen molar-refractivity contribution in [2.45, 2.75) is 37.9 Å². The van der Waals surface area contributed by atoms with Crippen molar-refractivity contribution in [3.63, 3.8) is 0 Å². The number of hydrogen-bond acceptors (Lipinski definition) is 7. The minimum absolute atomic E-state index is 0.0904. The van der Waals surface area contributed by atoms with E-state index in [2.05, 4.69) is 10.1 Å². The molecule has 3 heterocycles. The van der Waals surface area contributed by atoms with Crippen LogP contribution in [-0.4, -0.2) is 42.1 Å². The molecule has 0 saturated carbocycles. The van der Waals surface area contributed by atoms with Crippen molar-refractivity contribution in [3.05, 3.63) is 36.4 Å². The van der Waals surface area contributed by atoms with E-state index in [9.17, 15) is 8.42 Å². The van der Waals surface area contributed by atoms with Gasteiger partial charge < -0.3 is 13.7 Å². The summed E-state index contributed by atoms with van der Waals surface area (Å²) >= 11 is 0. The first kappa shape index (κ1) is 18.7. The Morgan fingerprint density at radius 3 is 2.46 bits per heavy atom. The number of nitrogens with zero attached hydrogens (tertiary/aromatic N) is 3. The second kappa shape index (κ2) is 7.40. The molecule has 0 radical (unpaired) electrons. The first-order chi connectivity index (χ1) is 13.4. The molecule has 2 aromatic heterocycles. The Bertz CT molecular complexity index is 1050. The third kappa shape index (κ3) is 3.67. The smallest absolute Gasteiger partial charge is 0.293 e. The summed E-state index contributed by atoms with van der Waals surface area (Å²) in [7, 11) is -3.62. The summed E-state index contributed by atoms with van der Waals surface area (Å²) < 4.78 is 42.9. The molecule has 0 bridgehead atoms. The summed E-state index contributed by atoms with van der Waals surface area (Å²) in [6.07, 6.45) is 1.81. The van der Waals surface area contributed by atoms with E-state index in [1.165, 1.54) is 16.4 Å². The summed E-state index contributed by atoms with van der Waals surface area (Å²) in [5.74, 6) is 1.48. The largest absolute Gasteiger partial charge is 0.491 e. The molecule has 0 atom stereocenters. The van der Waals surface area contributed by atoms with E-state index < -0.39 is 10.0 Å². The lowest BCUT2D eigenvalue weighted by atomic mass is 10.2. The summed E-state index contributed by atoms with van der Waals surface area (Å²) in [4.78, 5) is 4.31. The Morgan fingerprint density at radius 2 is 1.79 bits per heavy atom. The number of benzene rings is 1. The first-order valence-electron chi connectivity index (χ1n) is 9.14. The average molecular weight is 403 g/mol. The van der Waals surface area contributed by atoms with Gasteiger partial charge in [0.25, 0.3) is 15.9 Å². The maximum absolute atomic E-state index is 12.6. The van der Waals surface area contributed by atoms with Gasteiger partial charge in [0.15, 0.2) is 5.76 Å². The van der Waals surface area contributed by atoms with Gasteiger partial charge in [0, 0.05) is 18.7 Å². The van der Waals surface area contributed by atoms with Gasteiger partial charge >= 0.3 is 0 Å². The first-order valence-corrected chi connectivity index (χ1v) is 10.6. The van der Waals surface area contributed by atoms with Crippen LogP contribution in [0.4, 0.5) is 0 Å². The third-order valence-electron chi connectivity index (χ3n) is 4.36. The molecule has 0 unspecified atom stereocenters. The zero-order valence-electron chi connectivity index (χ0n) is 15.7. The standard InChI is InChI=1S/C19H21N3O5S/c1-13(2)25-15-7-5-14(6-8-15)18-20-19(27-21-18)16-9-10-17(26-16)28(23,24)22-11-3-4-12-22/h5-10,13H,3-4,11-12H2,1-2H3. The minimum atomic E-state index is -3.62. The van der Waals surface area contributed by atoms with Crippen LogP contribution in [-0.2, 0) is 10.0 Å². The molecule has 1 aromatic carbocycles. The van der Waals surface area contributed by atoms with Crippen LogP contribution < -0.4 is 4.74 Å². The van der Waals surface area contributed by atoms with Crippen LogP contribution in [0.25, 0.3) is 23.0 Å². The molecule has 148 valence electrons. The highest BCUT2D eigenvalue weighted by Gasteiger charge is 2.30. The molecular weight excluding hydrogens is 382 g/mol. The highest BCUT2D eigenvalue weighted by Crippen LogP contribution is 2.29. The van der Waals surface area contributed by atoms with Gasteiger partial charge in [-0.3, -0.25) is 0 Å². The molecule has 28 heavy (non-hydrogen) atoms. The highest BCUT2D eigenvalue weighted by atomic mass is 32.2. The lowest BCUT2D eigenvalue weighted by Crippen LogP contribution is -2.27. The number of furan rings is 1. The van der Waals surface area contributed by atoms with E-state index in [0.717, 1.165) is 24.2 Å². The maximum Gasteiger partial charge on any atom is 0.293 e. The van der Waals surface area contributed by atoms with Crippen LogP contribution in [0.1, 0.15) is 26.7 Å². The summed E-state index contributed by atoms with van der Waals surface area (Å²) in [5.41, 5.74) is 0.752. The van der Waals surface area contributed by atoms with Crippen molar-refractivity contribution in [2.75, 3.05) is 13.1 Å². The van der Waals surface area contributed by atoms with Gasteiger partial charge in [-0.25, -0.2) is 8.42 Å². The Balaban J connectivity index is 1.54. The van der Waals surface area contributed by atoms with Crippen molar-refractivity contribution < 1.29 is 22.1 Å². The Labute approximate surface area is 163 Å². The van der Waals surface area contributed by atoms with Crippen molar-refractivity contribution in [2.24, 2.45) is 0 Å². The summed E-state index contributed by atoms with van der Waals surface area (Å²) in [5, 5.41) is 3.84. The van der Waals surface area contributed by atoms with E-state index in [-0.39, 0.29) is 22.8 Å². The van der Waals surface area contributed by atoms with Gasteiger partial charge in [-0.2, -0.15) is 9.29 Å². The minimum Gasteiger partial charge on any atom is -0.491 e. The van der Waals surface area contributed by atoms with E-state index in [1.54, 1.807) is 0 Å². The topological polar surface area (TPSA) is 98.7 Å². The number of rotatable bonds is 6. The molecule has 0 N–H and O–H groups in total. The van der Waals surface area contributed by atoms with Crippen molar-refractivity contribution >= 4 is 10.0 Å². The molecule has 1 saturated heterocycles. The van der Waals surface area contributed by atoms with Gasteiger partial charge in [-0.15, -0.1) is 0 Å². The SMILES string of the molecule is CC(C)Oc1ccc(-c2noc(-c3ccc(S(=O)(=O)N4CCCC4)o3)n2)cc1. The zero-order chi connectivity index (χ0) is 19.7. The van der Waals surface area contributed by atoms with Crippen LogP contribution in [0.2, 0.25) is 0 Å². The molecule has 0 spiro atoms. The molecule has 4 rings (SSSR count).